The van der Waals surface area contributed by atoms with Crippen molar-refractivity contribution in [3.63, 3.8) is 0 Å². The second-order valence-electron chi connectivity index (χ2n) is 10.2. The van der Waals surface area contributed by atoms with Gasteiger partial charge >= 0.3 is 5.97 Å². The van der Waals surface area contributed by atoms with Gasteiger partial charge in [-0.3, -0.25) is 0 Å². The zero-order chi connectivity index (χ0) is 21.0. The molecule has 1 N–H and O–H groups in total. The molecular weight excluding hydrogens is 356 g/mol. The van der Waals surface area contributed by atoms with Crippen LogP contribution in [0.3, 0.4) is 0 Å². The average Bonchev–Trinajstić information content (AvgIpc) is 3.51. The van der Waals surface area contributed by atoms with E-state index < -0.39 is 5.97 Å². The number of allylic oxidation sites excluding steroid dienone is 1. The molecule has 1 fully saturated rings. The Kier molecular flexibility index (Phi) is 4.72. The van der Waals surface area contributed by atoms with E-state index in [0.717, 1.165) is 5.56 Å². The molecule has 4 rings (SSSR count). The molecule has 29 heavy (non-hydrogen) atoms. The van der Waals surface area contributed by atoms with Crippen molar-refractivity contribution in [2.24, 2.45) is 5.92 Å². The first-order valence-electron chi connectivity index (χ1n) is 10.8. The lowest BCUT2D eigenvalue weighted by Gasteiger charge is -2.42. The van der Waals surface area contributed by atoms with Crippen molar-refractivity contribution >= 4 is 11.5 Å². The molecule has 0 heterocycles. The van der Waals surface area contributed by atoms with Gasteiger partial charge in [-0.1, -0.05) is 63.6 Å². The van der Waals surface area contributed by atoms with Gasteiger partial charge in [0.25, 0.3) is 0 Å². The van der Waals surface area contributed by atoms with Crippen molar-refractivity contribution in [2.45, 2.75) is 71.1 Å². The fourth-order valence-corrected chi connectivity index (χ4v) is 4.87. The second-order valence-corrected chi connectivity index (χ2v) is 10.2. The molecule has 0 spiro atoms. The number of fused-ring (bicyclic) bond motifs is 1. The Hall–Kier alpha value is -2.35. The Morgan fingerprint density at radius 2 is 1.34 bits per heavy atom. The largest absolute Gasteiger partial charge is 0.478 e. The van der Waals surface area contributed by atoms with Gasteiger partial charge in [-0.05, 0) is 89.3 Å². The Labute approximate surface area is 174 Å². The van der Waals surface area contributed by atoms with Gasteiger partial charge in [0.15, 0.2) is 0 Å². The molecule has 0 aliphatic heterocycles. The van der Waals surface area contributed by atoms with Crippen LogP contribution in [-0.4, -0.2) is 11.1 Å². The predicted octanol–water partition coefficient (Wildman–Crippen LogP) is 6.97. The number of rotatable bonds is 4. The van der Waals surface area contributed by atoms with Crippen LogP contribution in [0, 0.1) is 5.92 Å². The minimum atomic E-state index is -0.876. The molecule has 2 aromatic rings. The number of hydrogen-bond acceptors (Lipinski definition) is 1. The molecule has 0 bridgehead atoms. The average molecular weight is 389 g/mol. The fourth-order valence-electron chi connectivity index (χ4n) is 4.87. The topological polar surface area (TPSA) is 37.3 Å². The lowest BCUT2D eigenvalue weighted by molar-refractivity contribution is 0.0697. The maximum absolute atomic E-state index is 11.3. The molecule has 0 aromatic heterocycles. The first-order valence-corrected chi connectivity index (χ1v) is 10.8. The molecular formula is C27H32O2. The zero-order valence-corrected chi connectivity index (χ0v) is 18.3. The molecule has 2 aromatic carbocycles. The summed E-state index contributed by atoms with van der Waals surface area (Å²) in [7, 11) is 0. The summed E-state index contributed by atoms with van der Waals surface area (Å²) in [6, 6.07) is 14.4. The highest BCUT2D eigenvalue weighted by molar-refractivity contribution is 5.89. The number of carboxylic acid groups (broad SMARTS) is 1. The molecule has 0 amide bonds. The Morgan fingerprint density at radius 3 is 1.90 bits per heavy atom. The maximum atomic E-state index is 11.3. The van der Waals surface area contributed by atoms with Crippen LogP contribution >= 0.6 is 0 Å². The molecule has 0 atom stereocenters. The SMILES string of the molecule is C/C(=C(/c1ccc(C(=O)O)cc1)c1ccc2c(c1)C(C)(C)CCC2(C)C)C1CC1. The smallest absolute Gasteiger partial charge is 0.335 e. The second kappa shape index (κ2) is 6.86. The highest BCUT2D eigenvalue weighted by Gasteiger charge is 2.37. The molecule has 152 valence electrons. The molecule has 2 aliphatic rings. The summed E-state index contributed by atoms with van der Waals surface area (Å²) in [4.78, 5) is 11.3. The van der Waals surface area contributed by atoms with E-state index in [1.807, 2.05) is 12.1 Å². The molecule has 2 heteroatoms. The van der Waals surface area contributed by atoms with Crippen molar-refractivity contribution in [2.75, 3.05) is 0 Å². The summed E-state index contributed by atoms with van der Waals surface area (Å²) in [5.41, 5.74) is 8.76. The zero-order valence-electron chi connectivity index (χ0n) is 18.3. The van der Waals surface area contributed by atoms with Crippen molar-refractivity contribution in [1.29, 1.82) is 0 Å². The summed E-state index contributed by atoms with van der Waals surface area (Å²) in [6.45, 7) is 11.7. The summed E-state index contributed by atoms with van der Waals surface area (Å²) < 4.78 is 0. The maximum Gasteiger partial charge on any atom is 0.335 e. The molecule has 0 unspecified atom stereocenters. The van der Waals surface area contributed by atoms with Crippen LogP contribution in [0.2, 0.25) is 0 Å². The third kappa shape index (κ3) is 3.66. The normalized spacial score (nSPS) is 20.6. The van der Waals surface area contributed by atoms with Crippen LogP contribution in [0.4, 0.5) is 0 Å². The van der Waals surface area contributed by atoms with Crippen molar-refractivity contribution in [3.05, 3.63) is 75.9 Å². The van der Waals surface area contributed by atoms with Crippen molar-refractivity contribution < 1.29 is 9.90 Å². The quantitative estimate of drug-likeness (QED) is 0.614. The predicted molar refractivity (Wildman–Crippen MR) is 120 cm³/mol. The van der Waals surface area contributed by atoms with E-state index in [1.165, 1.54) is 53.5 Å². The van der Waals surface area contributed by atoms with Crippen LogP contribution in [0.1, 0.15) is 92.9 Å². The van der Waals surface area contributed by atoms with Gasteiger partial charge in [0, 0.05) is 0 Å². The van der Waals surface area contributed by atoms with Crippen LogP contribution in [0.15, 0.2) is 48.0 Å². The third-order valence-electron chi connectivity index (χ3n) is 7.15. The first kappa shape index (κ1) is 19.9. The van der Waals surface area contributed by atoms with Crippen LogP contribution in [0.25, 0.3) is 5.57 Å². The number of benzene rings is 2. The minimum absolute atomic E-state index is 0.173. The highest BCUT2D eigenvalue weighted by Crippen LogP contribution is 2.48. The number of hydrogen-bond donors (Lipinski definition) is 1. The molecule has 2 nitrogen and oxygen atoms in total. The van der Waals surface area contributed by atoms with Gasteiger partial charge in [0.05, 0.1) is 5.56 Å². The van der Waals surface area contributed by atoms with Gasteiger partial charge in [0.1, 0.15) is 0 Å². The van der Waals surface area contributed by atoms with Crippen molar-refractivity contribution in [3.8, 4) is 0 Å². The van der Waals surface area contributed by atoms with E-state index in [9.17, 15) is 9.90 Å². The monoisotopic (exact) mass is 388 g/mol. The number of aromatic carboxylic acids is 1. The fraction of sp³-hybridized carbons (Fsp3) is 0.444. The summed E-state index contributed by atoms with van der Waals surface area (Å²) in [6.07, 6.45) is 4.93. The summed E-state index contributed by atoms with van der Waals surface area (Å²) >= 11 is 0. The Bertz CT molecular complexity index is 986. The van der Waals surface area contributed by atoms with E-state index in [2.05, 4.69) is 52.8 Å². The van der Waals surface area contributed by atoms with E-state index in [4.69, 9.17) is 0 Å². The minimum Gasteiger partial charge on any atom is -0.478 e. The van der Waals surface area contributed by atoms with E-state index in [-0.39, 0.29) is 10.8 Å². The van der Waals surface area contributed by atoms with E-state index in [0.29, 0.717) is 11.5 Å². The van der Waals surface area contributed by atoms with Gasteiger partial charge < -0.3 is 5.11 Å². The van der Waals surface area contributed by atoms with Crippen molar-refractivity contribution in [1.82, 2.24) is 0 Å². The van der Waals surface area contributed by atoms with Gasteiger partial charge in [-0.2, -0.15) is 0 Å². The third-order valence-corrected chi connectivity index (χ3v) is 7.15. The van der Waals surface area contributed by atoms with Crippen LogP contribution in [0.5, 0.6) is 0 Å². The summed E-state index contributed by atoms with van der Waals surface area (Å²) in [5.74, 6) is -0.219. The lowest BCUT2D eigenvalue weighted by atomic mass is 9.62. The van der Waals surface area contributed by atoms with Crippen LogP contribution in [-0.2, 0) is 10.8 Å². The number of carbonyl (C=O) groups is 1. The highest BCUT2D eigenvalue weighted by atomic mass is 16.4. The van der Waals surface area contributed by atoms with Gasteiger partial charge in [-0.15, -0.1) is 0 Å². The molecule has 1 saturated carbocycles. The standard InChI is InChI=1S/C27H32O2/c1-17(18-6-7-18)24(19-8-10-20(11-9-19)25(28)29)21-12-13-22-23(16-21)27(4,5)15-14-26(22,2)3/h8-13,16,18H,6-7,14-15H2,1-5H3,(H,28,29)/b24-17+. The van der Waals surface area contributed by atoms with Gasteiger partial charge in [0.2, 0.25) is 0 Å². The summed E-state index contributed by atoms with van der Waals surface area (Å²) in [5, 5.41) is 9.27. The molecule has 0 radical (unpaired) electrons. The van der Waals surface area contributed by atoms with E-state index >= 15 is 0 Å². The first-order chi connectivity index (χ1) is 13.6. The van der Waals surface area contributed by atoms with E-state index in [1.54, 1.807) is 12.1 Å². The Morgan fingerprint density at radius 1 is 0.828 bits per heavy atom. The van der Waals surface area contributed by atoms with Crippen LogP contribution < -0.4 is 0 Å². The van der Waals surface area contributed by atoms with Gasteiger partial charge in [-0.25, -0.2) is 4.79 Å². The Balaban J connectivity index is 1.87. The molecule has 0 saturated heterocycles. The number of carboxylic acids is 1. The molecule has 2 aliphatic carbocycles. The lowest BCUT2D eigenvalue weighted by Crippen LogP contribution is -2.33.